The topological polar surface area (TPSA) is 52.0 Å². The van der Waals surface area contributed by atoms with E-state index in [-0.39, 0.29) is 22.5 Å². The van der Waals surface area contributed by atoms with Gasteiger partial charge in [-0.25, -0.2) is 4.98 Å². The molecule has 0 N–H and O–H groups in total. The van der Waals surface area contributed by atoms with Gasteiger partial charge in [0.25, 0.3) is 5.56 Å². The van der Waals surface area contributed by atoms with Crippen LogP contribution < -0.4 is 5.56 Å². The smallest absolute Gasteiger partial charge is 0.258 e. The SMILES string of the molecule is CCCn1c(SCC(=O)c2ccc(Br)cc2)nc2c(c1=O)C1(CCCCC1)Cc1ccccc1-2. The first-order chi connectivity index (χ1) is 16.5. The molecule has 1 heterocycles. The van der Waals surface area contributed by atoms with Gasteiger partial charge in [-0.1, -0.05) is 90.3 Å². The summed E-state index contributed by atoms with van der Waals surface area (Å²) < 4.78 is 2.78. The summed E-state index contributed by atoms with van der Waals surface area (Å²) in [6.07, 6.45) is 7.42. The van der Waals surface area contributed by atoms with E-state index in [1.165, 1.54) is 23.7 Å². The molecule has 0 aliphatic heterocycles. The van der Waals surface area contributed by atoms with Crippen LogP contribution in [0, 0.1) is 0 Å². The lowest BCUT2D eigenvalue weighted by Gasteiger charge is -2.42. The highest BCUT2D eigenvalue weighted by Crippen LogP contribution is 2.48. The molecule has 0 radical (unpaired) electrons. The van der Waals surface area contributed by atoms with E-state index >= 15 is 0 Å². The fraction of sp³-hybridized carbons (Fsp3) is 0.393. The van der Waals surface area contributed by atoms with Gasteiger partial charge in [-0.05, 0) is 43.4 Å². The Labute approximate surface area is 213 Å². The number of aromatic nitrogens is 2. The number of hydrogen-bond donors (Lipinski definition) is 0. The van der Waals surface area contributed by atoms with Gasteiger partial charge in [0.2, 0.25) is 0 Å². The van der Waals surface area contributed by atoms with E-state index in [0.29, 0.717) is 17.3 Å². The Bertz CT molecular complexity index is 1280. The van der Waals surface area contributed by atoms with Crippen LogP contribution in [0.2, 0.25) is 0 Å². The molecular weight excluding hydrogens is 508 g/mol. The van der Waals surface area contributed by atoms with Crippen LogP contribution in [0.15, 0.2) is 63.0 Å². The number of halogens is 1. The molecule has 0 amide bonds. The van der Waals surface area contributed by atoms with Crippen molar-refractivity contribution in [1.29, 1.82) is 0 Å². The molecule has 2 aromatic carbocycles. The second kappa shape index (κ2) is 9.82. The average Bonchev–Trinajstić information content (AvgIpc) is 2.85. The van der Waals surface area contributed by atoms with Crippen molar-refractivity contribution >= 4 is 33.5 Å². The minimum Gasteiger partial charge on any atom is -0.293 e. The van der Waals surface area contributed by atoms with Crippen LogP contribution in [0.3, 0.4) is 0 Å². The molecule has 34 heavy (non-hydrogen) atoms. The Kier molecular flexibility index (Phi) is 6.81. The standard InChI is InChI=1S/C28H29BrN2O2S/c1-2-16-31-26(33)24-25(30-27(31)34-18-23(32)19-10-12-21(29)13-11-19)22-9-5-4-8-20(22)17-28(24)14-6-3-7-15-28/h4-5,8-13H,2-3,6-7,14-18H2,1H3. The van der Waals surface area contributed by atoms with E-state index in [0.717, 1.165) is 59.8 Å². The van der Waals surface area contributed by atoms with Crippen molar-refractivity contribution in [2.24, 2.45) is 0 Å². The molecule has 5 rings (SSSR count). The molecule has 0 unspecified atom stereocenters. The van der Waals surface area contributed by atoms with Crippen molar-refractivity contribution in [2.45, 2.75) is 69.0 Å². The molecule has 1 saturated carbocycles. The molecule has 6 heteroatoms. The van der Waals surface area contributed by atoms with Crippen LogP contribution >= 0.6 is 27.7 Å². The number of carbonyl (C=O) groups is 1. The third kappa shape index (κ3) is 4.31. The number of benzene rings is 2. The zero-order valence-corrected chi connectivity index (χ0v) is 21.9. The lowest BCUT2D eigenvalue weighted by Crippen LogP contribution is -2.43. The van der Waals surface area contributed by atoms with Gasteiger partial charge in [-0.3, -0.25) is 14.2 Å². The molecule has 1 spiro atoms. The highest BCUT2D eigenvalue weighted by molar-refractivity contribution is 9.10. The molecule has 0 bridgehead atoms. The second-order valence-electron chi connectivity index (χ2n) is 9.47. The molecule has 0 atom stereocenters. The predicted molar refractivity (Wildman–Crippen MR) is 142 cm³/mol. The Morgan fingerprint density at radius 1 is 1.09 bits per heavy atom. The summed E-state index contributed by atoms with van der Waals surface area (Å²) in [5, 5.41) is 0.652. The van der Waals surface area contributed by atoms with Gasteiger partial charge in [0.05, 0.1) is 17.0 Å². The average molecular weight is 538 g/mol. The minimum absolute atomic E-state index is 0.0386. The number of ketones is 1. The summed E-state index contributed by atoms with van der Waals surface area (Å²) in [6.45, 7) is 2.70. The quantitative estimate of drug-likeness (QED) is 0.197. The molecule has 1 aromatic heterocycles. The zero-order valence-electron chi connectivity index (χ0n) is 19.5. The molecule has 176 valence electrons. The predicted octanol–water partition coefficient (Wildman–Crippen LogP) is 6.82. The third-order valence-electron chi connectivity index (χ3n) is 7.22. The van der Waals surface area contributed by atoms with Gasteiger partial charge in [0.15, 0.2) is 10.9 Å². The Balaban J connectivity index is 1.59. The van der Waals surface area contributed by atoms with Gasteiger partial charge >= 0.3 is 0 Å². The van der Waals surface area contributed by atoms with E-state index < -0.39 is 0 Å². The second-order valence-corrected chi connectivity index (χ2v) is 11.3. The molecule has 1 fully saturated rings. The maximum absolute atomic E-state index is 14.1. The van der Waals surface area contributed by atoms with Gasteiger partial charge in [-0.2, -0.15) is 0 Å². The lowest BCUT2D eigenvalue weighted by atomic mass is 9.62. The first kappa shape index (κ1) is 23.6. The number of nitrogens with zero attached hydrogens (tertiary/aromatic N) is 2. The fourth-order valence-corrected chi connectivity index (χ4v) is 6.78. The van der Waals surface area contributed by atoms with Crippen LogP contribution in [0.1, 0.15) is 66.9 Å². The highest BCUT2D eigenvalue weighted by Gasteiger charge is 2.43. The zero-order chi connectivity index (χ0) is 23.7. The van der Waals surface area contributed by atoms with Crippen LogP contribution in [-0.2, 0) is 18.4 Å². The first-order valence-corrected chi connectivity index (χ1v) is 14.0. The molecule has 3 aromatic rings. The van der Waals surface area contributed by atoms with Crippen molar-refractivity contribution in [1.82, 2.24) is 9.55 Å². The maximum atomic E-state index is 14.1. The van der Waals surface area contributed by atoms with Crippen molar-refractivity contribution in [3.8, 4) is 11.3 Å². The minimum atomic E-state index is -0.113. The van der Waals surface area contributed by atoms with Crippen LogP contribution in [0.25, 0.3) is 11.3 Å². The number of thioether (sulfide) groups is 1. The molecule has 4 nitrogen and oxygen atoms in total. The van der Waals surface area contributed by atoms with Gasteiger partial charge in [-0.15, -0.1) is 0 Å². The molecule has 2 aliphatic carbocycles. The fourth-order valence-electron chi connectivity index (χ4n) is 5.60. The maximum Gasteiger partial charge on any atom is 0.258 e. The van der Waals surface area contributed by atoms with E-state index in [1.807, 2.05) is 34.9 Å². The number of hydrogen-bond acceptors (Lipinski definition) is 4. The van der Waals surface area contributed by atoms with Crippen molar-refractivity contribution in [2.75, 3.05) is 5.75 Å². The number of rotatable bonds is 6. The van der Waals surface area contributed by atoms with Crippen molar-refractivity contribution in [3.05, 3.63) is 80.0 Å². The van der Waals surface area contributed by atoms with E-state index in [9.17, 15) is 9.59 Å². The molecule has 2 aliphatic rings. The van der Waals surface area contributed by atoms with Crippen molar-refractivity contribution < 1.29 is 4.79 Å². The Hall–Kier alpha value is -2.18. The number of Topliss-reactive ketones (excluding diaryl/α,β-unsaturated/α-hetero) is 1. The normalized spacial score (nSPS) is 16.2. The summed E-state index contributed by atoms with van der Waals surface area (Å²) in [5.74, 6) is 0.292. The lowest BCUT2D eigenvalue weighted by molar-refractivity contribution is 0.102. The highest BCUT2D eigenvalue weighted by atomic mass is 79.9. The summed E-state index contributed by atoms with van der Waals surface area (Å²) in [4.78, 5) is 32.1. The number of carbonyl (C=O) groups excluding carboxylic acids is 1. The van der Waals surface area contributed by atoms with Crippen LogP contribution in [-0.4, -0.2) is 21.1 Å². The molecular formula is C28H29BrN2O2S. The van der Waals surface area contributed by atoms with Crippen molar-refractivity contribution in [3.63, 3.8) is 0 Å². The summed E-state index contributed by atoms with van der Waals surface area (Å²) in [6, 6.07) is 15.8. The third-order valence-corrected chi connectivity index (χ3v) is 8.73. The summed E-state index contributed by atoms with van der Waals surface area (Å²) in [7, 11) is 0. The molecule has 0 saturated heterocycles. The van der Waals surface area contributed by atoms with E-state index in [4.69, 9.17) is 4.98 Å². The monoisotopic (exact) mass is 536 g/mol. The van der Waals surface area contributed by atoms with E-state index in [2.05, 4.69) is 41.1 Å². The number of fused-ring (bicyclic) bond motifs is 4. The summed E-state index contributed by atoms with van der Waals surface area (Å²) >= 11 is 4.80. The van der Waals surface area contributed by atoms with Gasteiger partial charge < -0.3 is 0 Å². The van der Waals surface area contributed by atoms with Gasteiger partial charge in [0.1, 0.15) is 0 Å². The summed E-state index contributed by atoms with van der Waals surface area (Å²) in [5.41, 5.74) is 4.79. The largest absolute Gasteiger partial charge is 0.293 e. The Morgan fingerprint density at radius 2 is 1.82 bits per heavy atom. The van der Waals surface area contributed by atoms with Crippen LogP contribution in [0.5, 0.6) is 0 Å². The Morgan fingerprint density at radius 3 is 2.56 bits per heavy atom. The first-order valence-electron chi connectivity index (χ1n) is 12.2. The van der Waals surface area contributed by atoms with E-state index in [1.54, 1.807) is 0 Å². The van der Waals surface area contributed by atoms with Crippen LogP contribution in [0.4, 0.5) is 0 Å². The van der Waals surface area contributed by atoms with Gasteiger partial charge in [0, 0.05) is 27.6 Å².